The first-order valence-electron chi connectivity index (χ1n) is 9.17. The molecule has 0 radical (unpaired) electrons. The van der Waals surface area contributed by atoms with Gasteiger partial charge in [0.15, 0.2) is 0 Å². The van der Waals surface area contributed by atoms with Gasteiger partial charge in [0.2, 0.25) is 0 Å². The maximum atomic E-state index is 12.7. The largest absolute Gasteiger partial charge is 0.370 e. The van der Waals surface area contributed by atoms with Crippen molar-refractivity contribution in [1.29, 1.82) is 0 Å². The Kier molecular flexibility index (Phi) is 7.53. The molecule has 0 saturated carbocycles. The first-order valence-corrected chi connectivity index (χ1v) is 9.17. The number of hydrogen-bond donors (Lipinski definition) is 2. The number of amides is 1. The third-order valence-electron chi connectivity index (χ3n) is 4.23. The Labute approximate surface area is 156 Å². The lowest BCUT2D eigenvalue weighted by Gasteiger charge is -2.14. The molecule has 1 amide bonds. The second-order valence-electron chi connectivity index (χ2n) is 6.48. The Morgan fingerprint density at radius 3 is 2.42 bits per heavy atom. The van der Waals surface area contributed by atoms with E-state index in [1.165, 1.54) is 6.33 Å². The van der Waals surface area contributed by atoms with E-state index in [0.717, 1.165) is 49.2 Å². The first-order chi connectivity index (χ1) is 12.5. The van der Waals surface area contributed by atoms with Gasteiger partial charge in [-0.25, -0.2) is 9.97 Å². The fraction of sp³-hybridized carbons (Fsp3) is 0.450. The van der Waals surface area contributed by atoms with Crippen LogP contribution >= 0.6 is 0 Å². The molecule has 6 heteroatoms. The van der Waals surface area contributed by atoms with Gasteiger partial charge < -0.3 is 15.5 Å². The molecule has 0 spiro atoms. The highest BCUT2D eigenvalue weighted by Gasteiger charge is 2.13. The Balaban J connectivity index is 2.07. The molecule has 0 unspecified atom stereocenters. The van der Waals surface area contributed by atoms with E-state index in [9.17, 15) is 4.79 Å². The third kappa shape index (κ3) is 5.52. The summed E-state index contributed by atoms with van der Waals surface area (Å²) in [7, 11) is 4.09. The van der Waals surface area contributed by atoms with Gasteiger partial charge >= 0.3 is 0 Å². The van der Waals surface area contributed by atoms with Crippen molar-refractivity contribution in [2.24, 2.45) is 0 Å². The van der Waals surface area contributed by atoms with Crippen molar-refractivity contribution in [2.45, 2.75) is 33.1 Å². The standard InChI is InChI=1S/C20H29N5O/c1-5-15-9-7-10-16(6-2)19(15)24-20(26)17-13-18(23-14-22-17)21-11-8-12-25(3)4/h7,9-10,13-14H,5-6,8,11-12H2,1-4H3,(H,24,26)(H,21,22,23). The summed E-state index contributed by atoms with van der Waals surface area (Å²) >= 11 is 0. The smallest absolute Gasteiger partial charge is 0.274 e. The van der Waals surface area contributed by atoms with Crippen LogP contribution in [-0.4, -0.2) is 48.0 Å². The lowest BCUT2D eigenvalue weighted by molar-refractivity contribution is 0.102. The summed E-state index contributed by atoms with van der Waals surface area (Å²) in [6, 6.07) is 7.83. The fourth-order valence-corrected chi connectivity index (χ4v) is 2.77. The third-order valence-corrected chi connectivity index (χ3v) is 4.23. The number of nitrogens with one attached hydrogen (secondary N) is 2. The first kappa shape index (κ1) is 19.8. The molecule has 0 saturated heterocycles. The van der Waals surface area contributed by atoms with Gasteiger partial charge in [0.25, 0.3) is 5.91 Å². The quantitative estimate of drug-likeness (QED) is 0.676. The summed E-state index contributed by atoms with van der Waals surface area (Å²) in [5, 5.41) is 6.29. The monoisotopic (exact) mass is 355 g/mol. The molecule has 0 aliphatic rings. The number of anilines is 2. The molecule has 0 fully saturated rings. The van der Waals surface area contributed by atoms with Crippen molar-refractivity contribution in [3.63, 3.8) is 0 Å². The Morgan fingerprint density at radius 2 is 1.81 bits per heavy atom. The summed E-state index contributed by atoms with van der Waals surface area (Å²) in [5.74, 6) is 0.461. The van der Waals surface area contributed by atoms with Gasteiger partial charge in [-0.15, -0.1) is 0 Å². The van der Waals surface area contributed by atoms with Gasteiger partial charge in [0.05, 0.1) is 0 Å². The molecule has 1 aromatic carbocycles. The number of aryl methyl sites for hydroxylation is 2. The van der Waals surface area contributed by atoms with Crippen molar-refractivity contribution in [2.75, 3.05) is 37.8 Å². The molecular formula is C20H29N5O. The zero-order valence-electron chi connectivity index (χ0n) is 16.2. The van der Waals surface area contributed by atoms with E-state index in [2.05, 4.69) is 39.3 Å². The summed E-state index contributed by atoms with van der Waals surface area (Å²) in [5.41, 5.74) is 3.53. The molecule has 140 valence electrons. The van der Waals surface area contributed by atoms with Gasteiger partial charge in [-0.3, -0.25) is 4.79 Å². The van der Waals surface area contributed by atoms with Gasteiger partial charge in [-0.05, 0) is 51.0 Å². The average molecular weight is 355 g/mol. The number of carbonyl (C=O) groups is 1. The van der Waals surface area contributed by atoms with E-state index in [1.54, 1.807) is 6.07 Å². The van der Waals surface area contributed by atoms with Crippen molar-refractivity contribution >= 4 is 17.4 Å². The van der Waals surface area contributed by atoms with Crippen LogP contribution in [0.1, 0.15) is 41.9 Å². The SMILES string of the molecule is CCc1cccc(CC)c1NC(=O)c1cc(NCCCN(C)C)ncn1. The summed E-state index contributed by atoms with van der Waals surface area (Å²) in [4.78, 5) is 23.2. The second kappa shape index (κ2) is 9.87. The molecule has 0 aliphatic heterocycles. The predicted molar refractivity (Wildman–Crippen MR) is 107 cm³/mol. The lowest BCUT2D eigenvalue weighted by Crippen LogP contribution is -2.18. The number of carbonyl (C=O) groups excluding carboxylic acids is 1. The van der Waals surface area contributed by atoms with Crippen LogP contribution in [0.4, 0.5) is 11.5 Å². The van der Waals surface area contributed by atoms with Crippen LogP contribution in [0.5, 0.6) is 0 Å². The maximum Gasteiger partial charge on any atom is 0.274 e. The number of nitrogens with zero attached hydrogens (tertiary/aromatic N) is 3. The van der Waals surface area contributed by atoms with Crippen LogP contribution in [0.15, 0.2) is 30.6 Å². The summed E-state index contributed by atoms with van der Waals surface area (Å²) in [6.45, 7) is 5.98. The maximum absolute atomic E-state index is 12.7. The van der Waals surface area contributed by atoms with Crippen molar-refractivity contribution < 1.29 is 4.79 Å². The van der Waals surface area contributed by atoms with E-state index in [1.807, 2.05) is 32.3 Å². The lowest BCUT2D eigenvalue weighted by atomic mass is 10.0. The highest BCUT2D eigenvalue weighted by Crippen LogP contribution is 2.23. The number of hydrogen-bond acceptors (Lipinski definition) is 5. The van der Waals surface area contributed by atoms with Crippen molar-refractivity contribution in [3.8, 4) is 0 Å². The number of rotatable bonds is 9. The van der Waals surface area contributed by atoms with Crippen LogP contribution < -0.4 is 10.6 Å². The van der Waals surface area contributed by atoms with Crippen LogP contribution in [0.3, 0.4) is 0 Å². The van der Waals surface area contributed by atoms with Gasteiger partial charge in [0, 0.05) is 18.3 Å². The Hall–Kier alpha value is -2.47. The predicted octanol–water partition coefficient (Wildman–Crippen LogP) is 3.22. The molecule has 2 N–H and O–H groups in total. The van der Waals surface area contributed by atoms with Crippen LogP contribution in [0.2, 0.25) is 0 Å². The zero-order valence-corrected chi connectivity index (χ0v) is 16.2. The fourth-order valence-electron chi connectivity index (χ4n) is 2.77. The van der Waals surface area contributed by atoms with Crippen LogP contribution in [0, 0.1) is 0 Å². The van der Waals surface area contributed by atoms with E-state index in [-0.39, 0.29) is 5.91 Å². The van der Waals surface area contributed by atoms with Gasteiger partial charge in [0.1, 0.15) is 17.8 Å². The second-order valence-corrected chi connectivity index (χ2v) is 6.48. The van der Waals surface area contributed by atoms with Crippen molar-refractivity contribution in [1.82, 2.24) is 14.9 Å². The normalized spacial score (nSPS) is 10.8. The Morgan fingerprint density at radius 1 is 1.12 bits per heavy atom. The van der Waals surface area contributed by atoms with E-state index in [4.69, 9.17) is 0 Å². The van der Waals surface area contributed by atoms with E-state index >= 15 is 0 Å². The topological polar surface area (TPSA) is 70.2 Å². The molecule has 0 aliphatic carbocycles. The minimum absolute atomic E-state index is 0.209. The molecule has 0 atom stereocenters. The molecule has 1 aromatic heterocycles. The highest BCUT2D eigenvalue weighted by atomic mass is 16.1. The van der Waals surface area contributed by atoms with Crippen LogP contribution in [0.25, 0.3) is 0 Å². The molecule has 0 bridgehead atoms. The van der Waals surface area contributed by atoms with Crippen molar-refractivity contribution in [3.05, 3.63) is 47.4 Å². The van der Waals surface area contributed by atoms with Gasteiger partial charge in [-0.2, -0.15) is 0 Å². The Bertz CT molecular complexity index is 708. The minimum Gasteiger partial charge on any atom is -0.370 e. The number of benzene rings is 1. The molecule has 26 heavy (non-hydrogen) atoms. The summed E-state index contributed by atoms with van der Waals surface area (Å²) < 4.78 is 0. The van der Waals surface area contributed by atoms with E-state index < -0.39 is 0 Å². The molecule has 6 nitrogen and oxygen atoms in total. The number of para-hydroxylation sites is 1. The number of aromatic nitrogens is 2. The minimum atomic E-state index is -0.209. The molecule has 1 heterocycles. The van der Waals surface area contributed by atoms with Gasteiger partial charge in [-0.1, -0.05) is 32.0 Å². The highest BCUT2D eigenvalue weighted by molar-refractivity contribution is 6.04. The summed E-state index contributed by atoms with van der Waals surface area (Å²) in [6.07, 6.45) is 4.16. The molecule has 2 aromatic rings. The zero-order chi connectivity index (χ0) is 18.9. The van der Waals surface area contributed by atoms with E-state index in [0.29, 0.717) is 11.5 Å². The van der Waals surface area contributed by atoms with Crippen LogP contribution in [-0.2, 0) is 12.8 Å². The average Bonchev–Trinajstić information content (AvgIpc) is 2.65. The molecular weight excluding hydrogens is 326 g/mol. The molecule has 2 rings (SSSR count).